The van der Waals surface area contributed by atoms with Gasteiger partial charge in [0, 0.05) is 28.5 Å². The van der Waals surface area contributed by atoms with Crippen molar-refractivity contribution in [3.8, 4) is 17.0 Å². The van der Waals surface area contributed by atoms with Crippen LogP contribution in [0, 0.1) is 25.2 Å². The minimum atomic E-state index is -0.890. The molecule has 0 aliphatic heterocycles. The zero-order valence-corrected chi connectivity index (χ0v) is 17.0. The van der Waals surface area contributed by atoms with Gasteiger partial charge in [0.1, 0.15) is 5.75 Å². The summed E-state index contributed by atoms with van der Waals surface area (Å²) >= 11 is 1.48. The Morgan fingerprint density at radius 1 is 1.28 bits per heavy atom. The van der Waals surface area contributed by atoms with Crippen LogP contribution in [0.25, 0.3) is 5.13 Å². The summed E-state index contributed by atoms with van der Waals surface area (Å²) in [6.07, 6.45) is 0.815. The van der Waals surface area contributed by atoms with E-state index in [1.165, 1.54) is 11.3 Å². The van der Waals surface area contributed by atoms with Crippen LogP contribution < -0.4 is 4.74 Å². The van der Waals surface area contributed by atoms with Gasteiger partial charge >= 0.3 is 5.97 Å². The van der Waals surface area contributed by atoms with E-state index in [0.29, 0.717) is 16.9 Å². The van der Waals surface area contributed by atoms with Crippen LogP contribution in [0.3, 0.4) is 0 Å². The van der Waals surface area contributed by atoms with Crippen molar-refractivity contribution in [2.75, 3.05) is 6.61 Å². The molecular weight excluding hydrogens is 390 g/mol. The average Bonchev–Trinajstić information content (AvgIpc) is 3.34. The zero-order valence-electron chi connectivity index (χ0n) is 16.2. The molecule has 1 atom stereocenters. The molecule has 0 amide bonds. The molecule has 0 unspecified atom stereocenters. The van der Waals surface area contributed by atoms with Gasteiger partial charge in [0.15, 0.2) is 17.8 Å². The number of thiazole rings is 1. The van der Waals surface area contributed by atoms with Gasteiger partial charge in [0.25, 0.3) is 0 Å². The van der Waals surface area contributed by atoms with Gasteiger partial charge in [-0.1, -0.05) is 0 Å². The third kappa shape index (κ3) is 4.52. The van der Waals surface area contributed by atoms with Crippen LogP contribution in [0.4, 0.5) is 0 Å². The van der Waals surface area contributed by atoms with Crippen molar-refractivity contribution in [2.24, 2.45) is 0 Å². The first-order chi connectivity index (χ1) is 13.9. The molecule has 0 aliphatic carbocycles. The number of esters is 1. The molecule has 7 nitrogen and oxygen atoms in total. The Morgan fingerprint density at radius 3 is 2.62 bits per heavy atom. The van der Waals surface area contributed by atoms with E-state index in [4.69, 9.17) is 14.7 Å². The minimum absolute atomic E-state index is 0.292. The maximum absolute atomic E-state index is 12.6. The molecule has 0 saturated heterocycles. The fourth-order valence-electron chi connectivity index (χ4n) is 2.86. The molecule has 3 aromatic rings. The smallest absolute Gasteiger partial charge is 0.347 e. The Kier molecular flexibility index (Phi) is 6.10. The SMILES string of the molecule is Cc1cc(C(=O)COC(=O)[C@@H](C)Oc2ccc(C#N)cc2)c(C)n1-c1nccs1. The number of rotatable bonds is 7. The first kappa shape index (κ1) is 20.3. The number of nitriles is 1. The third-order valence-corrected chi connectivity index (χ3v) is 5.07. The van der Waals surface area contributed by atoms with Gasteiger partial charge in [-0.25, -0.2) is 9.78 Å². The van der Waals surface area contributed by atoms with Crippen molar-refractivity contribution < 1.29 is 19.1 Å². The average molecular weight is 409 g/mol. The van der Waals surface area contributed by atoms with Crippen molar-refractivity contribution in [1.29, 1.82) is 5.26 Å². The second-order valence-corrected chi connectivity index (χ2v) is 7.24. The van der Waals surface area contributed by atoms with E-state index < -0.39 is 12.1 Å². The summed E-state index contributed by atoms with van der Waals surface area (Å²) in [5, 5.41) is 11.5. The number of aromatic nitrogens is 2. The van der Waals surface area contributed by atoms with Crippen molar-refractivity contribution >= 4 is 23.1 Å². The number of hydrogen-bond acceptors (Lipinski definition) is 7. The second kappa shape index (κ2) is 8.71. The van der Waals surface area contributed by atoms with Gasteiger partial charge in [-0.15, -0.1) is 11.3 Å². The number of aryl methyl sites for hydroxylation is 1. The third-order valence-electron chi connectivity index (χ3n) is 4.32. The molecule has 29 heavy (non-hydrogen) atoms. The van der Waals surface area contributed by atoms with E-state index >= 15 is 0 Å². The predicted octanol–water partition coefficient (Wildman–Crippen LogP) is 3.62. The lowest BCUT2D eigenvalue weighted by Gasteiger charge is -2.13. The second-order valence-electron chi connectivity index (χ2n) is 6.36. The highest BCUT2D eigenvalue weighted by Gasteiger charge is 2.21. The Balaban J connectivity index is 1.61. The quantitative estimate of drug-likeness (QED) is 0.437. The van der Waals surface area contributed by atoms with Crippen molar-refractivity contribution in [2.45, 2.75) is 26.9 Å². The summed E-state index contributed by atoms with van der Waals surface area (Å²) in [5.74, 6) is -0.497. The zero-order chi connectivity index (χ0) is 21.0. The number of nitrogens with zero attached hydrogens (tertiary/aromatic N) is 3. The molecule has 1 aromatic carbocycles. The fraction of sp³-hybridized carbons (Fsp3) is 0.238. The normalized spacial score (nSPS) is 11.5. The molecular formula is C21H19N3O4S. The van der Waals surface area contributed by atoms with Crippen LogP contribution in [0.1, 0.15) is 34.2 Å². The monoisotopic (exact) mass is 409 g/mol. The standard InChI is InChI=1S/C21H19N3O4S/c1-13-10-18(14(2)24(13)21-23-8-9-29-21)19(25)12-27-20(26)15(3)28-17-6-4-16(11-22)5-7-17/h4-10,15H,12H2,1-3H3/t15-/m1/s1. The number of ketones is 1. The first-order valence-electron chi connectivity index (χ1n) is 8.86. The van der Waals surface area contributed by atoms with Crippen LogP contribution in [-0.2, 0) is 9.53 Å². The molecule has 148 valence electrons. The number of carbonyl (C=O) groups excluding carboxylic acids is 2. The molecule has 0 N–H and O–H groups in total. The van der Waals surface area contributed by atoms with Crippen LogP contribution >= 0.6 is 11.3 Å². The summed E-state index contributed by atoms with van der Waals surface area (Å²) in [5.41, 5.74) is 2.62. The Hall–Kier alpha value is -3.44. The molecule has 0 bridgehead atoms. The van der Waals surface area contributed by atoms with Gasteiger partial charge < -0.3 is 9.47 Å². The van der Waals surface area contributed by atoms with Crippen molar-refractivity contribution in [3.05, 3.63) is 64.4 Å². The van der Waals surface area contributed by atoms with E-state index in [1.54, 1.807) is 43.5 Å². The largest absolute Gasteiger partial charge is 0.479 e. The maximum atomic E-state index is 12.6. The number of benzene rings is 1. The fourth-order valence-corrected chi connectivity index (χ4v) is 3.61. The van der Waals surface area contributed by atoms with E-state index in [-0.39, 0.29) is 12.4 Å². The molecule has 0 saturated carbocycles. The van der Waals surface area contributed by atoms with Crippen LogP contribution in [0.5, 0.6) is 5.75 Å². The molecule has 2 aromatic heterocycles. The molecule has 0 fully saturated rings. The van der Waals surface area contributed by atoms with E-state index in [0.717, 1.165) is 16.5 Å². The van der Waals surface area contributed by atoms with Crippen molar-refractivity contribution in [1.82, 2.24) is 9.55 Å². The summed E-state index contributed by atoms with van der Waals surface area (Å²) < 4.78 is 12.5. The molecule has 2 heterocycles. The van der Waals surface area contributed by atoms with Crippen LogP contribution in [0.15, 0.2) is 41.9 Å². The van der Waals surface area contributed by atoms with E-state index in [9.17, 15) is 9.59 Å². The lowest BCUT2D eigenvalue weighted by atomic mass is 10.1. The Morgan fingerprint density at radius 2 is 2.00 bits per heavy atom. The molecule has 3 rings (SSSR count). The lowest BCUT2D eigenvalue weighted by Crippen LogP contribution is -2.28. The highest BCUT2D eigenvalue weighted by atomic mass is 32.1. The molecule has 0 aliphatic rings. The molecule has 0 radical (unpaired) electrons. The van der Waals surface area contributed by atoms with Crippen LogP contribution in [0.2, 0.25) is 0 Å². The van der Waals surface area contributed by atoms with Gasteiger partial charge in [-0.05, 0) is 51.1 Å². The van der Waals surface area contributed by atoms with Gasteiger partial charge in [-0.2, -0.15) is 5.26 Å². The maximum Gasteiger partial charge on any atom is 0.347 e. The number of ether oxygens (including phenoxy) is 2. The summed E-state index contributed by atoms with van der Waals surface area (Å²) in [7, 11) is 0. The summed E-state index contributed by atoms with van der Waals surface area (Å²) in [4.78, 5) is 29.0. The molecule has 8 heteroatoms. The highest BCUT2D eigenvalue weighted by Crippen LogP contribution is 2.22. The van der Waals surface area contributed by atoms with Gasteiger partial charge in [-0.3, -0.25) is 9.36 Å². The summed E-state index contributed by atoms with van der Waals surface area (Å²) in [6.45, 7) is 4.90. The van der Waals surface area contributed by atoms with Gasteiger partial charge in [0.2, 0.25) is 5.78 Å². The van der Waals surface area contributed by atoms with Crippen LogP contribution in [-0.4, -0.2) is 34.0 Å². The topological polar surface area (TPSA) is 94.2 Å². The Bertz CT molecular complexity index is 1060. The summed E-state index contributed by atoms with van der Waals surface area (Å²) in [6, 6.07) is 10.2. The minimum Gasteiger partial charge on any atom is -0.479 e. The number of Topliss-reactive ketones (excluding diaryl/α,β-unsaturated/α-hetero) is 1. The lowest BCUT2D eigenvalue weighted by molar-refractivity contribution is -0.149. The number of carbonyl (C=O) groups is 2. The first-order valence-corrected chi connectivity index (χ1v) is 9.74. The number of hydrogen-bond donors (Lipinski definition) is 0. The van der Waals surface area contributed by atoms with Gasteiger partial charge in [0.05, 0.1) is 11.6 Å². The van der Waals surface area contributed by atoms with E-state index in [2.05, 4.69) is 4.98 Å². The Labute approximate surface area is 172 Å². The van der Waals surface area contributed by atoms with Crippen molar-refractivity contribution in [3.63, 3.8) is 0 Å². The predicted molar refractivity (Wildman–Crippen MR) is 107 cm³/mol. The highest BCUT2D eigenvalue weighted by molar-refractivity contribution is 7.12. The van der Waals surface area contributed by atoms with E-state index in [1.807, 2.05) is 29.9 Å². The molecule has 0 spiro atoms.